The molecule has 2 aliphatic rings. The van der Waals surface area contributed by atoms with Crippen LogP contribution in [0.3, 0.4) is 0 Å². The Morgan fingerprint density at radius 1 is 1.32 bits per heavy atom. The number of nitrogens with one attached hydrogen (secondary N) is 2. The van der Waals surface area contributed by atoms with E-state index in [0.29, 0.717) is 6.54 Å². The zero-order chi connectivity index (χ0) is 21.6. The van der Waals surface area contributed by atoms with Crippen LogP contribution in [0.5, 0.6) is 0 Å². The van der Waals surface area contributed by atoms with Gasteiger partial charge in [0.25, 0.3) is 0 Å². The quantitative estimate of drug-likeness (QED) is 0.314. The van der Waals surface area contributed by atoms with Gasteiger partial charge in [-0.15, -0.1) is 24.0 Å². The highest BCUT2D eigenvalue weighted by Gasteiger charge is 2.36. The summed E-state index contributed by atoms with van der Waals surface area (Å²) in [4.78, 5) is 19.2. The minimum Gasteiger partial charge on any atom is -0.381 e. The minimum absolute atomic E-state index is 0. The first-order valence-electron chi connectivity index (χ1n) is 11.1. The second-order valence-corrected chi connectivity index (χ2v) is 9.04. The van der Waals surface area contributed by atoms with Crippen molar-refractivity contribution in [1.29, 1.82) is 0 Å². The van der Waals surface area contributed by atoms with E-state index in [-0.39, 0.29) is 47.3 Å². The van der Waals surface area contributed by atoms with E-state index < -0.39 is 0 Å². The van der Waals surface area contributed by atoms with Gasteiger partial charge in [-0.2, -0.15) is 0 Å². The first kappa shape index (κ1) is 26.2. The monoisotopic (exact) mass is 562 g/mol. The number of guanidine groups is 1. The number of halogens is 2. The molecule has 0 radical (unpaired) electrons. The van der Waals surface area contributed by atoms with Crippen molar-refractivity contribution in [3.8, 4) is 0 Å². The fourth-order valence-electron chi connectivity index (χ4n) is 4.35. The molecule has 2 fully saturated rings. The van der Waals surface area contributed by atoms with Gasteiger partial charge in [0.05, 0.1) is 6.54 Å². The maximum Gasteiger partial charge on any atom is 0.225 e. The standard InChI is InChI=1S/C23H35ClN4O2.HI/c1-4-25-22(27-18-9-12-28(15-18)21(29)17(2)3)26-16-23(10-13-30-14-11-23)19-7-5-6-8-20(19)24;/h5-8,17-18H,4,9-16H2,1-3H3,(H2,25,26,27);1H. The summed E-state index contributed by atoms with van der Waals surface area (Å²) in [7, 11) is 0. The van der Waals surface area contributed by atoms with Gasteiger partial charge in [-0.1, -0.05) is 43.6 Å². The molecule has 2 aliphatic heterocycles. The summed E-state index contributed by atoms with van der Waals surface area (Å²) < 4.78 is 5.64. The number of rotatable bonds is 6. The number of likely N-dealkylation sites (tertiary alicyclic amines) is 1. The Morgan fingerprint density at radius 3 is 2.68 bits per heavy atom. The molecule has 31 heavy (non-hydrogen) atoms. The molecule has 1 unspecified atom stereocenters. The van der Waals surface area contributed by atoms with Gasteiger partial charge >= 0.3 is 0 Å². The molecule has 2 N–H and O–H groups in total. The Kier molecular flexibility index (Phi) is 10.4. The second kappa shape index (κ2) is 12.3. The Hall–Kier alpha value is -1.06. The summed E-state index contributed by atoms with van der Waals surface area (Å²) in [6.07, 6.45) is 2.74. The molecule has 1 aromatic carbocycles. The first-order valence-corrected chi connectivity index (χ1v) is 11.5. The van der Waals surface area contributed by atoms with Crippen LogP contribution in [-0.2, 0) is 14.9 Å². The van der Waals surface area contributed by atoms with Crippen molar-refractivity contribution >= 4 is 47.4 Å². The normalized spacial score (nSPS) is 21.0. The SMILES string of the molecule is CCNC(=NCC1(c2ccccc2Cl)CCOCC1)NC1CCN(C(=O)C(C)C)C1.I. The number of aliphatic imine (C=N–C) groups is 1. The van der Waals surface area contributed by atoms with Crippen molar-refractivity contribution in [3.05, 3.63) is 34.9 Å². The lowest BCUT2D eigenvalue weighted by molar-refractivity contribution is -0.133. The number of amides is 1. The lowest BCUT2D eigenvalue weighted by Crippen LogP contribution is -2.46. The lowest BCUT2D eigenvalue weighted by Gasteiger charge is -2.37. The van der Waals surface area contributed by atoms with E-state index in [2.05, 4.69) is 23.6 Å². The first-order chi connectivity index (χ1) is 14.4. The third-order valence-electron chi connectivity index (χ3n) is 6.11. The molecule has 0 bridgehead atoms. The number of nitrogens with zero attached hydrogens (tertiary/aromatic N) is 2. The third-order valence-corrected chi connectivity index (χ3v) is 6.44. The van der Waals surface area contributed by atoms with Gasteiger partial charge in [0.2, 0.25) is 5.91 Å². The molecule has 0 aliphatic carbocycles. The molecular weight excluding hydrogens is 527 g/mol. The van der Waals surface area contributed by atoms with Crippen LogP contribution >= 0.6 is 35.6 Å². The van der Waals surface area contributed by atoms with Crippen LogP contribution in [0.25, 0.3) is 0 Å². The maximum absolute atomic E-state index is 12.3. The van der Waals surface area contributed by atoms with E-state index in [9.17, 15) is 4.79 Å². The molecular formula is C23H36ClIN4O2. The zero-order valence-electron chi connectivity index (χ0n) is 18.8. The minimum atomic E-state index is -0.117. The number of hydrogen-bond donors (Lipinski definition) is 2. The van der Waals surface area contributed by atoms with E-state index in [1.165, 1.54) is 0 Å². The Balaban J connectivity index is 0.00000341. The van der Waals surface area contributed by atoms with E-state index >= 15 is 0 Å². The van der Waals surface area contributed by atoms with E-state index in [1.54, 1.807) is 0 Å². The van der Waals surface area contributed by atoms with Crippen LogP contribution in [0.2, 0.25) is 5.02 Å². The Bertz CT molecular complexity index is 753. The molecule has 0 saturated carbocycles. The second-order valence-electron chi connectivity index (χ2n) is 8.64. The van der Waals surface area contributed by atoms with Gasteiger partial charge < -0.3 is 20.3 Å². The number of benzene rings is 1. The van der Waals surface area contributed by atoms with Crippen LogP contribution in [0.1, 0.15) is 45.6 Å². The molecule has 1 amide bonds. The Morgan fingerprint density at radius 2 is 2.03 bits per heavy atom. The van der Waals surface area contributed by atoms with E-state index in [1.807, 2.05) is 36.9 Å². The number of carbonyl (C=O) groups excluding carboxylic acids is 1. The van der Waals surface area contributed by atoms with Crippen molar-refractivity contribution in [2.45, 2.75) is 51.5 Å². The summed E-state index contributed by atoms with van der Waals surface area (Å²) >= 11 is 6.57. The summed E-state index contributed by atoms with van der Waals surface area (Å²) in [5, 5.41) is 7.71. The zero-order valence-corrected chi connectivity index (χ0v) is 21.9. The van der Waals surface area contributed by atoms with Gasteiger partial charge in [0.15, 0.2) is 5.96 Å². The molecule has 1 aromatic rings. The molecule has 8 heteroatoms. The molecule has 2 saturated heterocycles. The van der Waals surface area contributed by atoms with Crippen LogP contribution in [0.15, 0.2) is 29.3 Å². The highest BCUT2D eigenvalue weighted by molar-refractivity contribution is 14.0. The average molecular weight is 563 g/mol. The van der Waals surface area contributed by atoms with Crippen molar-refractivity contribution in [3.63, 3.8) is 0 Å². The van der Waals surface area contributed by atoms with E-state index in [0.717, 1.165) is 68.7 Å². The number of ether oxygens (including phenoxy) is 1. The van der Waals surface area contributed by atoms with Crippen LogP contribution in [0, 0.1) is 5.92 Å². The predicted molar refractivity (Wildman–Crippen MR) is 138 cm³/mol. The van der Waals surface area contributed by atoms with Crippen molar-refractivity contribution < 1.29 is 9.53 Å². The summed E-state index contributed by atoms with van der Waals surface area (Å²) in [6.45, 7) is 10.4. The highest BCUT2D eigenvalue weighted by atomic mass is 127. The molecule has 3 rings (SSSR count). The predicted octanol–water partition coefficient (Wildman–Crippen LogP) is 3.82. The summed E-state index contributed by atoms with van der Waals surface area (Å²) in [5.41, 5.74) is 1.04. The maximum atomic E-state index is 12.3. The van der Waals surface area contributed by atoms with Crippen LogP contribution in [-0.4, -0.2) is 62.2 Å². The fraction of sp³-hybridized carbons (Fsp3) is 0.652. The van der Waals surface area contributed by atoms with Gasteiger partial charge in [-0.25, -0.2) is 0 Å². The summed E-state index contributed by atoms with van der Waals surface area (Å²) in [6, 6.07) is 8.31. The Labute approximate surface area is 208 Å². The number of hydrogen-bond acceptors (Lipinski definition) is 3. The molecule has 6 nitrogen and oxygen atoms in total. The molecule has 0 spiro atoms. The molecule has 0 aromatic heterocycles. The van der Waals surface area contributed by atoms with Crippen LogP contribution in [0.4, 0.5) is 0 Å². The van der Waals surface area contributed by atoms with E-state index in [4.69, 9.17) is 21.3 Å². The average Bonchev–Trinajstić information content (AvgIpc) is 3.21. The van der Waals surface area contributed by atoms with Gasteiger partial charge in [0, 0.05) is 55.2 Å². The summed E-state index contributed by atoms with van der Waals surface area (Å²) in [5.74, 6) is 1.06. The molecule has 174 valence electrons. The number of carbonyl (C=O) groups is 1. The van der Waals surface area contributed by atoms with Gasteiger partial charge in [0.1, 0.15) is 0 Å². The van der Waals surface area contributed by atoms with Gasteiger partial charge in [-0.05, 0) is 37.8 Å². The third kappa shape index (κ3) is 6.71. The van der Waals surface area contributed by atoms with Gasteiger partial charge in [-0.3, -0.25) is 9.79 Å². The van der Waals surface area contributed by atoms with Crippen molar-refractivity contribution in [1.82, 2.24) is 15.5 Å². The largest absolute Gasteiger partial charge is 0.381 e. The lowest BCUT2D eigenvalue weighted by atomic mass is 9.74. The molecule has 1 atom stereocenters. The molecule has 2 heterocycles. The van der Waals surface area contributed by atoms with Crippen LogP contribution < -0.4 is 10.6 Å². The van der Waals surface area contributed by atoms with Crippen molar-refractivity contribution in [2.75, 3.05) is 39.4 Å². The highest BCUT2D eigenvalue weighted by Crippen LogP contribution is 2.38. The fourth-order valence-corrected chi connectivity index (χ4v) is 4.69. The smallest absolute Gasteiger partial charge is 0.225 e. The van der Waals surface area contributed by atoms with Crippen molar-refractivity contribution in [2.24, 2.45) is 10.9 Å². The topological polar surface area (TPSA) is 66.0 Å².